The lowest BCUT2D eigenvalue weighted by Crippen LogP contribution is -2.41. The molecule has 2 aliphatic heterocycles. The number of aliphatic hydroxyl groups is 1. The van der Waals surface area contributed by atoms with Gasteiger partial charge in [-0.2, -0.15) is 0 Å². The molecule has 2 N–H and O–H groups in total. The second-order valence-corrected chi connectivity index (χ2v) is 7.91. The molecule has 2 heterocycles. The molecule has 0 amide bonds. The maximum absolute atomic E-state index is 12.3. The minimum absolute atomic E-state index is 0.183. The van der Waals surface area contributed by atoms with Crippen molar-refractivity contribution in [1.29, 1.82) is 0 Å². The number of aliphatic hydroxyl groups excluding tert-OH is 1. The van der Waals surface area contributed by atoms with Crippen LogP contribution in [0.15, 0.2) is 0 Å². The van der Waals surface area contributed by atoms with E-state index in [2.05, 4.69) is 5.32 Å². The summed E-state index contributed by atoms with van der Waals surface area (Å²) in [5.41, 5.74) is 0. The number of hydrogen-bond donors (Lipinski definition) is 2. The first kappa shape index (κ1) is 15.2. The fourth-order valence-electron chi connectivity index (χ4n) is 2.99. The Labute approximate surface area is 116 Å². The number of nitrogens with zero attached hydrogens (tertiary/aromatic N) is 1. The number of piperidine rings is 2. The van der Waals surface area contributed by atoms with Crippen molar-refractivity contribution < 1.29 is 13.5 Å². The average molecular weight is 290 g/mol. The van der Waals surface area contributed by atoms with Crippen molar-refractivity contribution in [3.63, 3.8) is 0 Å². The highest BCUT2D eigenvalue weighted by molar-refractivity contribution is 7.89. The summed E-state index contributed by atoms with van der Waals surface area (Å²) in [5, 5.41) is 12.4. The Kier molecular flexibility index (Phi) is 5.62. The van der Waals surface area contributed by atoms with Crippen LogP contribution in [0.5, 0.6) is 0 Å². The van der Waals surface area contributed by atoms with Crippen LogP contribution in [-0.4, -0.2) is 56.4 Å². The van der Waals surface area contributed by atoms with Crippen molar-refractivity contribution in [2.24, 2.45) is 11.8 Å². The maximum Gasteiger partial charge on any atom is 0.214 e. The van der Waals surface area contributed by atoms with Gasteiger partial charge < -0.3 is 10.4 Å². The van der Waals surface area contributed by atoms with E-state index in [9.17, 15) is 8.42 Å². The minimum Gasteiger partial charge on any atom is -0.396 e. The van der Waals surface area contributed by atoms with E-state index >= 15 is 0 Å². The summed E-state index contributed by atoms with van der Waals surface area (Å²) in [6.07, 6.45) is 4.58. The molecule has 0 aliphatic carbocycles. The topological polar surface area (TPSA) is 69.6 Å². The fraction of sp³-hybridized carbons (Fsp3) is 1.00. The van der Waals surface area contributed by atoms with Crippen molar-refractivity contribution in [2.45, 2.75) is 32.1 Å². The molecule has 2 rings (SSSR count). The lowest BCUT2D eigenvalue weighted by molar-refractivity contribution is 0.170. The van der Waals surface area contributed by atoms with Gasteiger partial charge in [0.15, 0.2) is 0 Å². The van der Waals surface area contributed by atoms with E-state index in [0.29, 0.717) is 24.8 Å². The summed E-state index contributed by atoms with van der Waals surface area (Å²) < 4.78 is 26.2. The highest BCUT2D eigenvalue weighted by atomic mass is 32.2. The fourth-order valence-corrected chi connectivity index (χ4v) is 4.64. The first-order valence-corrected chi connectivity index (χ1v) is 9.02. The third kappa shape index (κ3) is 4.41. The number of rotatable bonds is 5. The Morgan fingerprint density at radius 3 is 2.26 bits per heavy atom. The zero-order valence-electron chi connectivity index (χ0n) is 11.6. The van der Waals surface area contributed by atoms with E-state index in [1.807, 2.05) is 0 Å². The standard InChI is InChI=1S/C13H26N2O3S/c16-11-13-3-8-15(9-4-13)19(17,18)10-5-12-1-6-14-7-2-12/h12-14,16H,1-11H2. The van der Waals surface area contributed by atoms with Crippen molar-refractivity contribution in [2.75, 3.05) is 38.5 Å². The molecule has 2 fully saturated rings. The molecular formula is C13H26N2O3S. The van der Waals surface area contributed by atoms with Crippen LogP contribution < -0.4 is 5.32 Å². The van der Waals surface area contributed by atoms with Gasteiger partial charge in [-0.05, 0) is 57.0 Å². The van der Waals surface area contributed by atoms with Gasteiger partial charge in [0.2, 0.25) is 10.0 Å². The molecule has 0 aromatic rings. The molecule has 0 bridgehead atoms. The maximum atomic E-state index is 12.3. The molecule has 2 saturated heterocycles. The first-order valence-electron chi connectivity index (χ1n) is 7.41. The van der Waals surface area contributed by atoms with Crippen LogP contribution >= 0.6 is 0 Å². The van der Waals surface area contributed by atoms with Gasteiger partial charge in [0.1, 0.15) is 0 Å². The normalized spacial score (nSPS) is 24.7. The monoisotopic (exact) mass is 290 g/mol. The van der Waals surface area contributed by atoms with Crippen molar-refractivity contribution >= 4 is 10.0 Å². The summed E-state index contributed by atoms with van der Waals surface area (Å²) in [4.78, 5) is 0. The molecule has 0 radical (unpaired) electrons. The van der Waals surface area contributed by atoms with Crippen molar-refractivity contribution in [3.05, 3.63) is 0 Å². The van der Waals surface area contributed by atoms with Crippen LogP contribution in [0.3, 0.4) is 0 Å². The molecule has 0 aromatic heterocycles. The Bertz CT molecular complexity index is 358. The van der Waals surface area contributed by atoms with Crippen LogP contribution in [0.1, 0.15) is 32.1 Å². The highest BCUT2D eigenvalue weighted by Crippen LogP contribution is 2.22. The zero-order valence-corrected chi connectivity index (χ0v) is 12.4. The molecule has 0 spiro atoms. The van der Waals surface area contributed by atoms with Crippen LogP contribution in [0, 0.1) is 11.8 Å². The van der Waals surface area contributed by atoms with Crippen LogP contribution in [-0.2, 0) is 10.0 Å². The average Bonchev–Trinajstić information content (AvgIpc) is 2.46. The SMILES string of the molecule is O=S(=O)(CCC1CCNCC1)N1CCC(CO)CC1. The quantitative estimate of drug-likeness (QED) is 0.769. The van der Waals surface area contributed by atoms with E-state index in [4.69, 9.17) is 5.11 Å². The Balaban J connectivity index is 1.78. The lowest BCUT2D eigenvalue weighted by atomic mass is 9.96. The summed E-state index contributed by atoms with van der Waals surface area (Å²) in [5.74, 6) is 1.14. The number of hydrogen-bond acceptors (Lipinski definition) is 4. The van der Waals surface area contributed by atoms with E-state index in [1.54, 1.807) is 4.31 Å². The molecular weight excluding hydrogens is 264 g/mol. The molecule has 0 atom stereocenters. The van der Waals surface area contributed by atoms with Crippen LogP contribution in [0.2, 0.25) is 0 Å². The lowest BCUT2D eigenvalue weighted by Gasteiger charge is -2.31. The van der Waals surface area contributed by atoms with Gasteiger partial charge in [0.25, 0.3) is 0 Å². The van der Waals surface area contributed by atoms with Crippen LogP contribution in [0.4, 0.5) is 0 Å². The summed E-state index contributed by atoms with van der Waals surface area (Å²) in [6, 6.07) is 0. The predicted octanol–water partition coefficient (Wildman–Crippen LogP) is 0.410. The van der Waals surface area contributed by atoms with Gasteiger partial charge in [0.05, 0.1) is 5.75 Å². The molecule has 112 valence electrons. The van der Waals surface area contributed by atoms with E-state index in [0.717, 1.165) is 45.2 Å². The van der Waals surface area contributed by atoms with Gasteiger partial charge in [-0.1, -0.05) is 0 Å². The second kappa shape index (κ2) is 7.02. The molecule has 19 heavy (non-hydrogen) atoms. The summed E-state index contributed by atoms with van der Waals surface area (Å²) in [6.45, 7) is 3.39. The number of sulfonamides is 1. The molecule has 0 unspecified atom stereocenters. The van der Waals surface area contributed by atoms with E-state index in [1.165, 1.54) is 0 Å². The Hall–Kier alpha value is -0.170. The van der Waals surface area contributed by atoms with Gasteiger partial charge in [0, 0.05) is 19.7 Å². The third-order valence-corrected chi connectivity index (χ3v) is 6.37. The predicted molar refractivity (Wildman–Crippen MR) is 75.4 cm³/mol. The van der Waals surface area contributed by atoms with Gasteiger partial charge in [-0.25, -0.2) is 12.7 Å². The Morgan fingerprint density at radius 2 is 1.68 bits per heavy atom. The smallest absolute Gasteiger partial charge is 0.214 e. The summed E-state index contributed by atoms with van der Waals surface area (Å²) in [7, 11) is -3.08. The van der Waals surface area contributed by atoms with Crippen molar-refractivity contribution in [1.82, 2.24) is 9.62 Å². The Morgan fingerprint density at radius 1 is 1.05 bits per heavy atom. The largest absolute Gasteiger partial charge is 0.396 e. The van der Waals surface area contributed by atoms with Crippen molar-refractivity contribution in [3.8, 4) is 0 Å². The van der Waals surface area contributed by atoms with Crippen LogP contribution in [0.25, 0.3) is 0 Å². The first-order chi connectivity index (χ1) is 9.12. The minimum atomic E-state index is -3.08. The third-order valence-electron chi connectivity index (χ3n) is 4.47. The molecule has 6 heteroatoms. The molecule has 0 saturated carbocycles. The number of nitrogens with one attached hydrogen (secondary N) is 1. The molecule has 5 nitrogen and oxygen atoms in total. The molecule has 2 aliphatic rings. The van der Waals surface area contributed by atoms with E-state index < -0.39 is 10.0 Å². The van der Waals surface area contributed by atoms with Gasteiger partial charge in [-0.3, -0.25) is 0 Å². The highest BCUT2D eigenvalue weighted by Gasteiger charge is 2.28. The molecule has 0 aromatic carbocycles. The second-order valence-electron chi connectivity index (χ2n) is 5.82. The van der Waals surface area contributed by atoms with Gasteiger partial charge in [-0.15, -0.1) is 0 Å². The van der Waals surface area contributed by atoms with Gasteiger partial charge >= 0.3 is 0 Å². The summed E-state index contributed by atoms with van der Waals surface area (Å²) >= 11 is 0. The van der Waals surface area contributed by atoms with E-state index in [-0.39, 0.29) is 12.5 Å². The zero-order chi connectivity index (χ0) is 13.7.